The van der Waals surface area contributed by atoms with E-state index >= 15 is 0 Å². The number of fused-ring (bicyclic) bond motifs is 1. The molecule has 7 nitrogen and oxygen atoms in total. The number of aromatic nitrogens is 2. The summed E-state index contributed by atoms with van der Waals surface area (Å²) in [6, 6.07) is 9.53. The van der Waals surface area contributed by atoms with Gasteiger partial charge in [-0.25, -0.2) is 8.42 Å². The Morgan fingerprint density at radius 1 is 1.19 bits per heavy atom. The number of nitriles is 1. The number of aryl methyl sites for hydroxylation is 1. The molecule has 2 fully saturated rings. The topological polar surface area (TPSA) is 99.0 Å². The van der Waals surface area contributed by atoms with Crippen molar-refractivity contribution in [1.82, 2.24) is 9.55 Å². The summed E-state index contributed by atoms with van der Waals surface area (Å²) in [5, 5.41) is 10.1. The van der Waals surface area contributed by atoms with Gasteiger partial charge < -0.3 is 14.5 Å². The summed E-state index contributed by atoms with van der Waals surface area (Å²) in [6.07, 6.45) is 7.63. The molecule has 1 aliphatic carbocycles. The maximum absolute atomic E-state index is 12.5. The molecule has 160 valence electrons. The Morgan fingerprint density at radius 2 is 1.94 bits per heavy atom. The summed E-state index contributed by atoms with van der Waals surface area (Å²) in [7, 11) is -1.69. The Hall–Kier alpha value is -3.05. The quantitative estimate of drug-likeness (QED) is 0.680. The lowest BCUT2D eigenvalue weighted by atomic mass is 9.90. The lowest BCUT2D eigenvalue weighted by Crippen LogP contribution is -2.35. The van der Waals surface area contributed by atoms with Gasteiger partial charge in [0.2, 0.25) is 0 Å². The molecule has 1 aliphatic heterocycles. The highest BCUT2D eigenvalue weighted by Crippen LogP contribution is 2.59. The van der Waals surface area contributed by atoms with Crippen LogP contribution in [0.1, 0.15) is 19.3 Å². The predicted molar refractivity (Wildman–Crippen MR) is 120 cm³/mol. The number of aromatic amines is 1. The molecule has 0 bridgehead atoms. The van der Waals surface area contributed by atoms with Crippen molar-refractivity contribution in [2.75, 3.05) is 24.2 Å². The van der Waals surface area contributed by atoms with Gasteiger partial charge in [-0.3, -0.25) is 4.79 Å². The minimum atomic E-state index is -3.39. The maximum atomic E-state index is 12.5. The molecule has 2 aliphatic rings. The number of rotatable bonds is 3. The first-order valence-electron chi connectivity index (χ1n) is 10.4. The Labute approximate surface area is 180 Å². The first-order valence-corrected chi connectivity index (χ1v) is 12.3. The summed E-state index contributed by atoms with van der Waals surface area (Å²) in [5.41, 5.74) is 3.12. The smallest absolute Gasteiger partial charge is 0.274 e. The van der Waals surface area contributed by atoms with Crippen LogP contribution in [0.15, 0.2) is 46.3 Å². The zero-order valence-corrected chi connectivity index (χ0v) is 18.4. The van der Waals surface area contributed by atoms with Crippen LogP contribution >= 0.6 is 0 Å². The van der Waals surface area contributed by atoms with E-state index in [1.165, 1.54) is 10.8 Å². The van der Waals surface area contributed by atoms with Gasteiger partial charge in [0, 0.05) is 61.0 Å². The summed E-state index contributed by atoms with van der Waals surface area (Å²) < 4.78 is 26.1. The van der Waals surface area contributed by atoms with E-state index in [9.17, 15) is 18.5 Å². The van der Waals surface area contributed by atoms with Gasteiger partial charge in [0.1, 0.15) is 5.52 Å². The Kier molecular flexibility index (Phi) is 4.31. The molecule has 0 amide bonds. The largest absolute Gasteiger partial charge is 0.371 e. The number of nitrogens with one attached hydrogen (secondary N) is 1. The normalized spacial score (nSPS) is 20.2. The van der Waals surface area contributed by atoms with Crippen LogP contribution in [0.2, 0.25) is 0 Å². The molecular formula is C23H24N4O3S. The van der Waals surface area contributed by atoms with E-state index in [4.69, 9.17) is 0 Å². The minimum absolute atomic E-state index is 0.124. The van der Waals surface area contributed by atoms with Crippen molar-refractivity contribution < 1.29 is 8.42 Å². The van der Waals surface area contributed by atoms with Gasteiger partial charge in [0.15, 0.2) is 9.84 Å². The number of hydrogen-bond acceptors (Lipinski definition) is 5. The van der Waals surface area contributed by atoms with Gasteiger partial charge in [-0.1, -0.05) is 0 Å². The van der Waals surface area contributed by atoms with Gasteiger partial charge in [-0.05, 0) is 48.9 Å². The standard InChI is InChI=1S/C23H24N4O3S/c1-26-14-19(17-5-8-25-21(17)22(26)28)18-11-16(31(2,29)30)3-4-20(18)27-9-6-23(7-10-27)12-15(23)13-24/h3-5,8,11,14-15,25H,6-7,9-10,12H2,1-2H3. The number of hydrogen-bond donors (Lipinski definition) is 1. The first-order chi connectivity index (χ1) is 14.7. The van der Waals surface area contributed by atoms with Crippen molar-refractivity contribution in [2.24, 2.45) is 18.4 Å². The fourth-order valence-corrected chi connectivity index (χ4v) is 5.64. The van der Waals surface area contributed by atoms with Crippen molar-refractivity contribution in [3.05, 3.63) is 47.0 Å². The van der Waals surface area contributed by atoms with E-state index in [1.807, 2.05) is 12.1 Å². The zero-order valence-electron chi connectivity index (χ0n) is 17.6. The second-order valence-electron chi connectivity index (χ2n) is 8.91. The Bertz CT molecular complexity index is 1400. The van der Waals surface area contributed by atoms with E-state index < -0.39 is 9.84 Å². The van der Waals surface area contributed by atoms with Gasteiger partial charge in [0.05, 0.1) is 16.9 Å². The van der Waals surface area contributed by atoms with Crippen molar-refractivity contribution in [2.45, 2.75) is 24.2 Å². The molecule has 8 heteroatoms. The molecule has 1 saturated heterocycles. The van der Waals surface area contributed by atoms with E-state index in [1.54, 1.807) is 31.6 Å². The number of benzene rings is 1. The monoisotopic (exact) mass is 436 g/mol. The number of nitrogens with zero attached hydrogens (tertiary/aromatic N) is 3. The van der Waals surface area contributed by atoms with Crippen molar-refractivity contribution in [3.8, 4) is 17.2 Å². The molecule has 1 unspecified atom stereocenters. The summed E-state index contributed by atoms with van der Waals surface area (Å²) in [6.45, 7) is 1.65. The summed E-state index contributed by atoms with van der Waals surface area (Å²) >= 11 is 0. The number of pyridine rings is 1. The second-order valence-corrected chi connectivity index (χ2v) is 10.9. The number of piperidine rings is 1. The number of H-pyrrole nitrogens is 1. The molecule has 1 N–H and O–H groups in total. The molecule has 1 spiro atoms. The highest BCUT2D eigenvalue weighted by atomic mass is 32.2. The van der Waals surface area contributed by atoms with Gasteiger partial charge >= 0.3 is 0 Å². The average molecular weight is 437 g/mol. The van der Waals surface area contributed by atoms with E-state index in [0.717, 1.165) is 54.6 Å². The zero-order chi connectivity index (χ0) is 22.0. The Morgan fingerprint density at radius 3 is 2.58 bits per heavy atom. The molecule has 3 aromatic rings. The molecule has 31 heavy (non-hydrogen) atoms. The molecule has 3 heterocycles. The highest BCUT2D eigenvalue weighted by Gasteiger charge is 2.55. The van der Waals surface area contributed by atoms with Gasteiger partial charge in [-0.15, -0.1) is 0 Å². The molecule has 1 aromatic carbocycles. The number of anilines is 1. The van der Waals surface area contributed by atoms with Crippen LogP contribution in [0.5, 0.6) is 0 Å². The molecule has 5 rings (SSSR count). The van der Waals surface area contributed by atoms with E-state index in [-0.39, 0.29) is 21.8 Å². The van der Waals surface area contributed by atoms with Crippen molar-refractivity contribution in [1.29, 1.82) is 5.26 Å². The third-order valence-electron chi connectivity index (χ3n) is 7.03. The molecular weight excluding hydrogens is 412 g/mol. The third kappa shape index (κ3) is 3.15. The van der Waals surface area contributed by atoms with Crippen LogP contribution in [0.4, 0.5) is 5.69 Å². The summed E-state index contributed by atoms with van der Waals surface area (Å²) in [5.74, 6) is 0.171. The minimum Gasteiger partial charge on any atom is -0.371 e. The van der Waals surface area contributed by atoms with Crippen molar-refractivity contribution >= 4 is 26.4 Å². The van der Waals surface area contributed by atoms with Crippen LogP contribution in [0.3, 0.4) is 0 Å². The van der Waals surface area contributed by atoms with Crippen LogP contribution < -0.4 is 10.5 Å². The lowest BCUT2D eigenvalue weighted by molar-refractivity contribution is 0.367. The molecule has 0 radical (unpaired) electrons. The van der Waals surface area contributed by atoms with Crippen LogP contribution in [-0.4, -0.2) is 37.3 Å². The fraction of sp³-hybridized carbons (Fsp3) is 0.391. The first kappa shape index (κ1) is 19.9. The fourth-order valence-electron chi connectivity index (χ4n) is 5.00. The van der Waals surface area contributed by atoms with Gasteiger partial charge in [-0.2, -0.15) is 5.26 Å². The number of sulfone groups is 1. The Balaban J connectivity index is 1.65. The third-order valence-corrected chi connectivity index (χ3v) is 8.14. The van der Waals surface area contributed by atoms with E-state index in [2.05, 4.69) is 16.0 Å². The van der Waals surface area contributed by atoms with E-state index in [0.29, 0.717) is 5.52 Å². The maximum Gasteiger partial charge on any atom is 0.274 e. The van der Waals surface area contributed by atoms with Gasteiger partial charge in [0.25, 0.3) is 5.56 Å². The van der Waals surface area contributed by atoms with Crippen molar-refractivity contribution in [3.63, 3.8) is 0 Å². The van der Waals surface area contributed by atoms with Crippen LogP contribution in [0.25, 0.3) is 22.0 Å². The average Bonchev–Trinajstić information content (AvgIpc) is 3.18. The van der Waals surface area contributed by atoms with Crippen LogP contribution in [0, 0.1) is 22.7 Å². The van der Waals surface area contributed by atoms with Crippen LogP contribution in [-0.2, 0) is 16.9 Å². The predicted octanol–water partition coefficient (Wildman–Crippen LogP) is 3.07. The molecule has 1 atom stereocenters. The lowest BCUT2D eigenvalue weighted by Gasteiger charge is -2.35. The SMILES string of the molecule is Cn1cc(-c2cc(S(C)(=O)=O)ccc2N2CCC3(CC2)CC3C#N)c2cc[nH]c2c1=O. The second kappa shape index (κ2) is 6.72. The molecule has 2 aromatic heterocycles. The summed E-state index contributed by atoms with van der Waals surface area (Å²) in [4.78, 5) is 18.1. The molecule has 1 saturated carbocycles. The highest BCUT2D eigenvalue weighted by molar-refractivity contribution is 7.90.